The van der Waals surface area contributed by atoms with Gasteiger partial charge in [-0.15, -0.1) is 0 Å². The Labute approximate surface area is 180 Å². The van der Waals surface area contributed by atoms with Crippen molar-refractivity contribution < 1.29 is 9.47 Å². The molecule has 0 aliphatic heterocycles. The number of nitrogens with one attached hydrogen (secondary N) is 1. The Morgan fingerprint density at radius 1 is 0.833 bits per heavy atom. The van der Waals surface area contributed by atoms with Crippen LogP contribution in [0.2, 0.25) is 5.02 Å². The Morgan fingerprint density at radius 2 is 1.53 bits per heavy atom. The number of benzene rings is 3. The van der Waals surface area contributed by atoms with Gasteiger partial charge < -0.3 is 14.8 Å². The number of aromatic nitrogens is 2. The maximum atomic E-state index is 5.91. The van der Waals surface area contributed by atoms with E-state index in [1.165, 1.54) is 0 Å². The maximum absolute atomic E-state index is 5.91. The van der Waals surface area contributed by atoms with E-state index in [1.54, 1.807) is 13.3 Å². The number of methoxy groups -OCH3 is 1. The molecule has 30 heavy (non-hydrogen) atoms. The molecular formula is C24H20ClN3O2. The minimum Gasteiger partial charge on any atom is -0.497 e. The van der Waals surface area contributed by atoms with E-state index in [2.05, 4.69) is 15.3 Å². The van der Waals surface area contributed by atoms with Crippen LogP contribution in [0, 0.1) is 0 Å². The van der Waals surface area contributed by atoms with Crippen molar-refractivity contribution >= 4 is 23.2 Å². The normalized spacial score (nSPS) is 10.5. The summed E-state index contributed by atoms with van der Waals surface area (Å²) < 4.78 is 11.0. The van der Waals surface area contributed by atoms with Gasteiger partial charge in [-0.1, -0.05) is 23.7 Å². The summed E-state index contributed by atoms with van der Waals surface area (Å²) in [6.45, 7) is 0.486. The van der Waals surface area contributed by atoms with Crippen molar-refractivity contribution in [3.05, 3.63) is 95.6 Å². The summed E-state index contributed by atoms with van der Waals surface area (Å²) in [5, 5.41) is 3.92. The molecule has 1 N–H and O–H groups in total. The molecule has 3 aromatic carbocycles. The average Bonchev–Trinajstić information content (AvgIpc) is 2.80. The number of halogens is 1. The van der Waals surface area contributed by atoms with Crippen molar-refractivity contribution in [1.82, 2.24) is 9.97 Å². The lowest BCUT2D eigenvalue weighted by molar-refractivity contribution is 0.306. The second kappa shape index (κ2) is 9.29. The van der Waals surface area contributed by atoms with Gasteiger partial charge in [0, 0.05) is 22.5 Å². The van der Waals surface area contributed by atoms with Crippen molar-refractivity contribution in [1.29, 1.82) is 0 Å². The van der Waals surface area contributed by atoms with Gasteiger partial charge in [0.2, 0.25) is 5.95 Å². The fraction of sp³-hybridized carbons (Fsp3) is 0.0833. The average molecular weight is 418 g/mol. The molecule has 4 rings (SSSR count). The first-order valence-electron chi connectivity index (χ1n) is 9.41. The molecule has 150 valence electrons. The van der Waals surface area contributed by atoms with Crippen LogP contribution >= 0.6 is 11.6 Å². The summed E-state index contributed by atoms with van der Waals surface area (Å²) in [7, 11) is 1.64. The predicted molar refractivity (Wildman–Crippen MR) is 120 cm³/mol. The van der Waals surface area contributed by atoms with Gasteiger partial charge in [0.1, 0.15) is 18.1 Å². The first-order chi connectivity index (χ1) is 14.7. The van der Waals surface area contributed by atoms with E-state index in [4.69, 9.17) is 21.1 Å². The fourth-order valence-electron chi connectivity index (χ4n) is 2.85. The second-order valence-corrected chi connectivity index (χ2v) is 6.99. The Balaban J connectivity index is 1.42. The molecule has 0 aliphatic rings. The quantitative estimate of drug-likeness (QED) is 0.392. The molecule has 0 amide bonds. The molecule has 0 atom stereocenters. The second-order valence-electron chi connectivity index (χ2n) is 6.56. The van der Waals surface area contributed by atoms with E-state index in [9.17, 15) is 0 Å². The summed E-state index contributed by atoms with van der Waals surface area (Å²) in [6.07, 6.45) is 1.74. The van der Waals surface area contributed by atoms with E-state index in [1.807, 2.05) is 78.9 Å². The monoisotopic (exact) mass is 417 g/mol. The molecule has 4 aromatic rings. The van der Waals surface area contributed by atoms with Crippen LogP contribution in [0.15, 0.2) is 85.1 Å². The topological polar surface area (TPSA) is 56.3 Å². The first-order valence-corrected chi connectivity index (χ1v) is 9.79. The summed E-state index contributed by atoms with van der Waals surface area (Å²) in [5.74, 6) is 2.12. The predicted octanol–water partition coefficient (Wildman–Crippen LogP) is 6.13. The van der Waals surface area contributed by atoms with Gasteiger partial charge in [-0.25, -0.2) is 9.97 Å². The van der Waals surface area contributed by atoms with Gasteiger partial charge in [0.15, 0.2) is 0 Å². The van der Waals surface area contributed by atoms with E-state index >= 15 is 0 Å². The van der Waals surface area contributed by atoms with Gasteiger partial charge in [-0.3, -0.25) is 0 Å². The molecule has 0 fully saturated rings. The third-order valence-corrected chi connectivity index (χ3v) is 4.72. The lowest BCUT2D eigenvalue weighted by Crippen LogP contribution is -1.98. The fourth-order valence-corrected chi connectivity index (χ4v) is 2.98. The van der Waals surface area contributed by atoms with E-state index in [-0.39, 0.29) is 0 Å². The van der Waals surface area contributed by atoms with Gasteiger partial charge >= 0.3 is 0 Å². The Hall–Kier alpha value is -3.57. The van der Waals surface area contributed by atoms with E-state index in [0.29, 0.717) is 17.6 Å². The molecule has 0 radical (unpaired) electrons. The number of ether oxygens (including phenoxy) is 2. The van der Waals surface area contributed by atoms with Crippen molar-refractivity contribution in [3.63, 3.8) is 0 Å². The molecule has 0 saturated carbocycles. The van der Waals surface area contributed by atoms with Crippen molar-refractivity contribution in [3.8, 4) is 22.8 Å². The zero-order chi connectivity index (χ0) is 20.8. The highest BCUT2D eigenvalue weighted by Gasteiger charge is 2.04. The summed E-state index contributed by atoms with van der Waals surface area (Å²) in [4.78, 5) is 8.91. The number of anilines is 2. The molecule has 5 nitrogen and oxygen atoms in total. The molecule has 1 aromatic heterocycles. The van der Waals surface area contributed by atoms with Crippen LogP contribution in [0.4, 0.5) is 11.6 Å². The molecule has 1 heterocycles. The highest BCUT2D eigenvalue weighted by atomic mass is 35.5. The van der Waals surface area contributed by atoms with Crippen LogP contribution in [0.5, 0.6) is 11.5 Å². The Morgan fingerprint density at radius 3 is 2.23 bits per heavy atom. The lowest BCUT2D eigenvalue weighted by atomic mass is 10.1. The smallest absolute Gasteiger partial charge is 0.227 e. The Bertz CT molecular complexity index is 1100. The van der Waals surface area contributed by atoms with Crippen molar-refractivity contribution in [2.45, 2.75) is 6.61 Å². The van der Waals surface area contributed by atoms with Crippen LogP contribution < -0.4 is 14.8 Å². The molecule has 0 spiro atoms. The molecule has 0 aliphatic carbocycles. The van der Waals surface area contributed by atoms with Crippen LogP contribution in [0.25, 0.3) is 11.3 Å². The molecule has 0 bridgehead atoms. The lowest BCUT2D eigenvalue weighted by Gasteiger charge is -2.09. The minimum absolute atomic E-state index is 0.486. The van der Waals surface area contributed by atoms with E-state index < -0.39 is 0 Å². The van der Waals surface area contributed by atoms with Gasteiger partial charge in [-0.05, 0) is 72.3 Å². The van der Waals surface area contributed by atoms with Crippen LogP contribution in [-0.2, 0) is 6.61 Å². The number of hydrogen-bond acceptors (Lipinski definition) is 5. The van der Waals surface area contributed by atoms with Gasteiger partial charge in [-0.2, -0.15) is 0 Å². The minimum atomic E-state index is 0.486. The van der Waals surface area contributed by atoms with Crippen LogP contribution in [0.1, 0.15) is 5.56 Å². The number of nitrogens with zero attached hydrogens (tertiary/aromatic N) is 2. The van der Waals surface area contributed by atoms with E-state index in [0.717, 1.165) is 34.0 Å². The largest absolute Gasteiger partial charge is 0.497 e. The number of hydrogen-bond donors (Lipinski definition) is 1. The zero-order valence-corrected chi connectivity index (χ0v) is 17.1. The van der Waals surface area contributed by atoms with Gasteiger partial charge in [0.05, 0.1) is 12.8 Å². The van der Waals surface area contributed by atoms with Crippen molar-refractivity contribution in [2.24, 2.45) is 0 Å². The highest BCUT2D eigenvalue weighted by Crippen LogP contribution is 2.23. The third-order valence-electron chi connectivity index (χ3n) is 4.47. The SMILES string of the molecule is COc1ccc(Nc2nccc(-c3ccc(OCc4ccc(Cl)cc4)cc3)n2)cc1. The molecule has 0 unspecified atom stereocenters. The first kappa shape index (κ1) is 19.7. The Kier molecular flexibility index (Phi) is 6.11. The number of rotatable bonds is 7. The summed E-state index contributed by atoms with van der Waals surface area (Å²) in [5.41, 5.74) is 3.76. The van der Waals surface area contributed by atoms with Crippen LogP contribution in [-0.4, -0.2) is 17.1 Å². The highest BCUT2D eigenvalue weighted by molar-refractivity contribution is 6.30. The van der Waals surface area contributed by atoms with Crippen molar-refractivity contribution in [2.75, 3.05) is 12.4 Å². The molecule has 6 heteroatoms. The molecule has 0 saturated heterocycles. The summed E-state index contributed by atoms with van der Waals surface area (Å²) >= 11 is 5.91. The summed E-state index contributed by atoms with van der Waals surface area (Å²) in [6, 6.07) is 24.9. The maximum Gasteiger partial charge on any atom is 0.227 e. The zero-order valence-electron chi connectivity index (χ0n) is 16.4. The molecular weight excluding hydrogens is 398 g/mol. The van der Waals surface area contributed by atoms with Crippen LogP contribution in [0.3, 0.4) is 0 Å². The standard InChI is InChI=1S/C24H20ClN3O2/c1-29-21-12-8-20(9-13-21)27-24-26-15-14-23(28-24)18-4-10-22(11-5-18)30-16-17-2-6-19(25)7-3-17/h2-15H,16H2,1H3,(H,26,27,28). The van der Waals surface area contributed by atoms with Gasteiger partial charge in [0.25, 0.3) is 0 Å². The third kappa shape index (κ3) is 5.07.